The van der Waals surface area contributed by atoms with Gasteiger partial charge in [0, 0.05) is 16.8 Å². The molecule has 0 N–H and O–H groups in total. The van der Waals surface area contributed by atoms with Crippen molar-refractivity contribution in [2.75, 3.05) is 5.88 Å². The highest BCUT2D eigenvalue weighted by molar-refractivity contribution is 9.10. The summed E-state index contributed by atoms with van der Waals surface area (Å²) in [5.74, 6) is 0.301. The molecule has 0 aliphatic carbocycles. The normalized spacial score (nSPS) is 11.8. The molecule has 0 atom stereocenters. The van der Waals surface area contributed by atoms with Gasteiger partial charge in [-0.3, -0.25) is 0 Å². The summed E-state index contributed by atoms with van der Waals surface area (Å²) in [7, 11) is 0. The lowest BCUT2D eigenvalue weighted by Crippen LogP contribution is -2.07. The minimum atomic E-state index is -4.50. The van der Waals surface area contributed by atoms with Gasteiger partial charge in [0.2, 0.25) is 11.8 Å². The van der Waals surface area contributed by atoms with E-state index >= 15 is 0 Å². The topological polar surface area (TPSA) is 38.9 Å². The zero-order valence-corrected chi connectivity index (χ0v) is 11.7. The summed E-state index contributed by atoms with van der Waals surface area (Å²) in [6.07, 6.45) is -4.19. The Morgan fingerprint density at radius 2 is 2.00 bits per heavy atom. The largest absolute Gasteiger partial charge is 0.421 e. The van der Waals surface area contributed by atoms with Crippen LogP contribution >= 0.6 is 27.5 Å². The van der Waals surface area contributed by atoms with Crippen molar-refractivity contribution in [3.8, 4) is 11.5 Å². The lowest BCUT2D eigenvalue weighted by molar-refractivity contribution is -0.137. The van der Waals surface area contributed by atoms with Crippen LogP contribution in [0.1, 0.15) is 11.5 Å². The van der Waals surface area contributed by atoms with Crippen molar-refractivity contribution in [2.45, 2.75) is 12.6 Å². The molecule has 0 aliphatic rings. The minimum absolute atomic E-state index is 0.149. The van der Waals surface area contributed by atoms with Crippen LogP contribution in [-0.4, -0.2) is 16.1 Å². The van der Waals surface area contributed by atoms with E-state index in [1.807, 2.05) is 0 Å². The van der Waals surface area contributed by atoms with Crippen LogP contribution in [0.15, 0.2) is 27.1 Å². The Kier molecular flexibility index (Phi) is 4.15. The Morgan fingerprint density at radius 1 is 1.26 bits per heavy atom. The highest BCUT2D eigenvalue weighted by atomic mass is 79.9. The molecule has 0 amide bonds. The second kappa shape index (κ2) is 5.50. The van der Waals surface area contributed by atoms with Gasteiger partial charge in [0.25, 0.3) is 0 Å². The monoisotopic (exact) mass is 354 g/mol. The van der Waals surface area contributed by atoms with Gasteiger partial charge in [0.1, 0.15) is 0 Å². The molecular formula is C11H7BrClF3N2O. The molecule has 0 unspecified atom stereocenters. The first-order valence-corrected chi connectivity index (χ1v) is 6.50. The van der Waals surface area contributed by atoms with Crippen LogP contribution in [0.2, 0.25) is 0 Å². The molecule has 8 heteroatoms. The van der Waals surface area contributed by atoms with Gasteiger partial charge in [-0.15, -0.1) is 21.8 Å². The second-order valence-electron chi connectivity index (χ2n) is 3.63. The fraction of sp³-hybridized carbons (Fsp3) is 0.273. The summed E-state index contributed by atoms with van der Waals surface area (Å²) in [6.45, 7) is 0. The lowest BCUT2D eigenvalue weighted by atomic mass is 10.1. The first kappa shape index (κ1) is 14.3. The minimum Gasteiger partial charge on any atom is -0.421 e. The highest BCUT2D eigenvalue weighted by Crippen LogP contribution is 2.38. The van der Waals surface area contributed by atoms with Gasteiger partial charge in [0.05, 0.1) is 11.1 Å². The number of hydrogen-bond donors (Lipinski definition) is 0. The molecule has 1 heterocycles. The van der Waals surface area contributed by atoms with Gasteiger partial charge in [-0.1, -0.05) is 15.9 Å². The number of aromatic nitrogens is 2. The summed E-state index contributed by atoms with van der Waals surface area (Å²) in [5.41, 5.74) is -0.980. The predicted octanol–water partition coefficient (Wildman–Crippen LogP) is 4.30. The van der Waals surface area contributed by atoms with E-state index in [0.717, 1.165) is 6.07 Å². The van der Waals surface area contributed by atoms with Crippen molar-refractivity contribution in [1.29, 1.82) is 0 Å². The smallest absolute Gasteiger partial charge is 0.417 e. The fourth-order valence-corrected chi connectivity index (χ4v) is 2.00. The third-order valence-electron chi connectivity index (χ3n) is 2.29. The van der Waals surface area contributed by atoms with Gasteiger partial charge in [-0.2, -0.15) is 13.2 Å². The molecule has 0 bridgehead atoms. The number of halogens is 5. The van der Waals surface area contributed by atoms with Crippen molar-refractivity contribution in [3.05, 3.63) is 34.1 Å². The Balaban J connectivity index is 2.48. The molecule has 0 radical (unpaired) electrons. The Labute approximate surface area is 119 Å². The maximum atomic E-state index is 12.9. The summed E-state index contributed by atoms with van der Waals surface area (Å²) in [4.78, 5) is 0. The maximum absolute atomic E-state index is 12.9. The molecule has 102 valence electrons. The quantitative estimate of drug-likeness (QED) is 0.771. The SMILES string of the molecule is FC(F)(F)c1cc(Br)ccc1-c1nnc(CCCl)o1. The van der Waals surface area contributed by atoms with Crippen molar-refractivity contribution in [2.24, 2.45) is 0 Å². The number of benzene rings is 1. The third kappa shape index (κ3) is 3.27. The number of hydrogen-bond acceptors (Lipinski definition) is 3. The molecule has 0 aliphatic heterocycles. The van der Waals surface area contributed by atoms with E-state index in [0.29, 0.717) is 10.9 Å². The first-order valence-electron chi connectivity index (χ1n) is 5.17. The highest BCUT2D eigenvalue weighted by Gasteiger charge is 2.35. The zero-order chi connectivity index (χ0) is 14.0. The molecule has 0 saturated carbocycles. The molecule has 2 aromatic rings. The molecule has 1 aromatic heterocycles. The van der Waals surface area contributed by atoms with E-state index in [2.05, 4.69) is 26.1 Å². The van der Waals surface area contributed by atoms with Gasteiger partial charge in [-0.25, -0.2) is 0 Å². The fourth-order valence-electron chi connectivity index (χ4n) is 1.48. The van der Waals surface area contributed by atoms with Gasteiger partial charge in [-0.05, 0) is 18.2 Å². The molecule has 1 aromatic carbocycles. The molecule has 3 nitrogen and oxygen atoms in total. The predicted molar refractivity (Wildman–Crippen MR) is 66.9 cm³/mol. The number of nitrogens with zero attached hydrogens (tertiary/aromatic N) is 2. The number of alkyl halides is 4. The van der Waals surface area contributed by atoms with E-state index in [1.54, 1.807) is 0 Å². The van der Waals surface area contributed by atoms with Crippen LogP contribution in [0.25, 0.3) is 11.5 Å². The van der Waals surface area contributed by atoms with Crippen LogP contribution in [0.5, 0.6) is 0 Å². The first-order chi connectivity index (χ1) is 8.91. The van der Waals surface area contributed by atoms with Crippen LogP contribution < -0.4 is 0 Å². The molecule has 0 saturated heterocycles. The van der Waals surface area contributed by atoms with Crippen LogP contribution in [0.3, 0.4) is 0 Å². The van der Waals surface area contributed by atoms with Crippen molar-refractivity contribution >= 4 is 27.5 Å². The second-order valence-corrected chi connectivity index (χ2v) is 4.92. The van der Waals surface area contributed by atoms with Gasteiger partial charge < -0.3 is 4.42 Å². The molecular weight excluding hydrogens is 348 g/mol. The van der Waals surface area contributed by atoms with Gasteiger partial charge in [0.15, 0.2) is 0 Å². The summed E-state index contributed by atoms with van der Waals surface area (Å²) in [5, 5.41) is 7.27. The average molecular weight is 356 g/mol. The van der Waals surface area contributed by atoms with Crippen LogP contribution in [0.4, 0.5) is 13.2 Å². The third-order valence-corrected chi connectivity index (χ3v) is 2.97. The Morgan fingerprint density at radius 3 is 2.63 bits per heavy atom. The summed E-state index contributed by atoms with van der Waals surface area (Å²) in [6, 6.07) is 3.74. The molecule has 19 heavy (non-hydrogen) atoms. The lowest BCUT2D eigenvalue weighted by Gasteiger charge is -2.10. The standard InChI is InChI=1S/C11H7BrClF3N2O/c12-6-1-2-7(8(5-6)11(14,15)16)10-18-17-9(19-10)3-4-13/h1-2,5H,3-4H2. The zero-order valence-electron chi connectivity index (χ0n) is 9.34. The van der Waals surface area contributed by atoms with Gasteiger partial charge >= 0.3 is 6.18 Å². The van der Waals surface area contributed by atoms with Crippen molar-refractivity contribution in [3.63, 3.8) is 0 Å². The Hall–Kier alpha value is -1.08. The van der Waals surface area contributed by atoms with E-state index in [1.165, 1.54) is 12.1 Å². The van der Waals surface area contributed by atoms with E-state index < -0.39 is 11.7 Å². The molecule has 2 rings (SSSR count). The van der Waals surface area contributed by atoms with Crippen molar-refractivity contribution < 1.29 is 17.6 Å². The van der Waals surface area contributed by atoms with Crippen LogP contribution in [0, 0.1) is 0 Å². The summed E-state index contributed by atoms with van der Waals surface area (Å²) < 4.78 is 44.3. The van der Waals surface area contributed by atoms with E-state index in [-0.39, 0.29) is 23.2 Å². The molecule has 0 spiro atoms. The Bertz CT molecular complexity index is 586. The number of rotatable bonds is 3. The van der Waals surface area contributed by atoms with E-state index in [9.17, 15) is 13.2 Å². The average Bonchev–Trinajstić information content (AvgIpc) is 2.77. The van der Waals surface area contributed by atoms with Crippen LogP contribution in [-0.2, 0) is 12.6 Å². The van der Waals surface area contributed by atoms with Crippen molar-refractivity contribution in [1.82, 2.24) is 10.2 Å². The molecule has 0 fully saturated rings. The number of aryl methyl sites for hydroxylation is 1. The van der Waals surface area contributed by atoms with E-state index in [4.69, 9.17) is 16.0 Å². The maximum Gasteiger partial charge on any atom is 0.417 e. The summed E-state index contributed by atoms with van der Waals surface area (Å²) >= 11 is 8.51.